The van der Waals surface area contributed by atoms with Crippen molar-refractivity contribution < 1.29 is 17.9 Å². The zero-order valence-corrected chi connectivity index (χ0v) is 12.9. The van der Waals surface area contributed by atoms with Crippen LogP contribution in [0.5, 0.6) is 5.75 Å². The predicted octanol–water partition coefficient (Wildman–Crippen LogP) is 2.54. The van der Waals surface area contributed by atoms with Crippen LogP contribution in [0.3, 0.4) is 0 Å². The number of halogens is 3. The van der Waals surface area contributed by atoms with E-state index in [4.69, 9.17) is 11.5 Å². The van der Waals surface area contributed by atoms with E-state index in [-0.39, 0.29) is 23.4 Å². The molecule has 1 heterocycles. The number of ether oxygens (including phenoxy) is 1. The lowest BCUT2D eigenvalue weighted by molar-refractivity contribution is -0.0496. The largest absolute Gasteiger partial charge is 0.433 e. The summed E-state index contributed by atoms with van der Waals surface area (Å²) in [5.41, 5.74) is 11.0. The van der Waals surface area contributed by atoms with Gasteiger partial charge in [-0.1, -0.05) is 6.42 Å². The predicted molar refractivity (Wildman–Crippen MR) is 84.6 cm³/mol. The number of nitrogens with two attached hydrogens (primary N) is 2. The van der Waals surface area contributed by atoms with Crippen LogP contribution in [-0.4, -0.2) is 24.2 Å². The summed E-state index contributed by atoms with van der Waals surface area (Å²) >= 11 is 0. The Labute approximate surface area is 137 Å². The minimum Gasteiger partial charge on any atom is -0.433 e. The van der Waals surface area contributed by atoms with Crippen molar-refractivity contribution in [2.24, 2.45) is 21.5 Å². The highest BCUT2D eigenvalue weighted by atomic mass is 19.3. The van der Waals surface area contributed by atoms with Crippen molar-refractivity contribution in [1.82, 2.24) is 0 Å². The summed E-state index contributed by atoms with van der Waals surface area (Å²) < 4.78 is 43.8. The first-order valence-corrected chi connectivity index (χ1v) is 7.65. The Morgan fingerprint density at radius 1 is 1.17 bits per heavy atom. The molecule has 4 N–H and O–H groups in total. The van der Waals surface area contributed by atoms with Crippen molar-refractivity contribution in [3.05, 3.63) is 24.0 Å². The molecule has 0 unspecified atom stereocenters. The molecule has 3 rings (SSSR count). The number of rotatable bonds is 3. The molecule has 6 nitrogen and oxygen atoms in total. The van der Waals surface area contributed by atoms with Crippen LogP contribution >= 0.6 is 0 Å². The van der Waals surface area contributed by atoms with Crippen LogP contribution in [0.25, 0.3) is 0 Å². The summed E-state index contributed by atoms with van der Waals surface area (Å²) in [6.07, 6.45) is 3.95. The van der Waals surface area contributed by atoms with Crippen LogP contribution in [0.4, 0.5) is 18.9 Å². The molecule has 0 bridgehead atoms. The lowest BCUT2D eigenvalue weighted by Crippen LogP contribution is -2.58. The summed E-state index contributed by atoms with van der Waals surface area (Å²) in [6.45, 7) is -3.05. The molecule has 0 saturated heterocycles. The molecule has 1 aromatic rings. The monoisotopic (exact) mass is 341 g/mol. The number of alkyl halides is 2. The zero-order valence-electron chi connectivity index (χ0n) is 12.9. The van der Waals surface area contributed by atoms with Crippen molar-refractivity contribution >= 4 is 17.6 Å². The summed E-state index contributed by atoms with van der Waals surface area (Å²) in [5, 5.41) is 0. The summed E-state index contributed by atoms with van der Waals surface area (Å²) in [5.74, 6) is -0.787. The lowest BCUT2D eigenvalue weighted by atomic mass is 9.87. The molecular formula is C15H18F3N5O. The molecule has 1 aliphatic carbocycles. The third-order valence-corrected chi connectivity index (χ3v) is 4.23. The van der Waals surface area contributed by atoms with Gasteiger partial charge in [0.05, 0.1) is 5.69 Å². The summed E-state index contributed by atoms with van der Waals surface area (Å²) in [4.78, 5) is 9.80. The van der Waals surface area contributed by atoms with E-state index in [0.717, 1.165) is 37.5 Å². The summed E-state index contributed by atoms with van der Waals surface area (Å²) in [6, 6.07) is 3.28. The van der Waals surface area contributed by atoms with Crippen molar-refractivity contribution in [1.29, 1.82) is 0 Å². The van der Waals surface area contributed by atoms with Crippen LogP contribution < -0.4 is 21.1 Å². The average molecular weight is 341 g/mol. The van der Waals surface area contributed by atoms with Gasteiger partial charge in [-0.15, -0.1) is 0 Å². The number of guanidine groups is 2. The van der Waals surface area contributed by atoms with Gasteiger partial charge in [0.25, 0.3) is 0 Å². The Balaban J connectivity index is 2.11. The quantitative estimate of drug-likeness (QED) is 0.884. The fourth-order valence-corrected chi connectivity index (χ4v) is 3.33. The minimum absolute atomic E-state index is 0.0193. The molecule has 1 fully saturated rings. The topological polar surface area (TPSA) is 89.2 Å². The Morgan fingerprint density at radius 2 is 1.88 bits per heavy atom. The molecule has 0 aromatic heterocycles. The first kappa shape index (κ1) is 16.4. The maximum atomic E-state index is 13.8. The van der Waals surface area contributed by atoms with Crippen LogP contribution in [0.1, 0.15) is 32.1 Å². The van der Waals surface area contributed by atoms with Gasteiger partial charge in [-0.3, -0.25) is 4.90 Å². The molecule has 1 aromatic carbocycles. The highest BCUT2D eigenvalue weighted by Gasteiger charge is 2.43. The van der Waals surface area contributed by atoms with Gasteiger partial charge in [-0.05, 0) is 37.8 Å². The molecule has 1 aliphatic heterocycles. The zero-order chi connectivity index (χ0) is 17.3. The smallest absolute Gasteiger partial charge is 0.387 e. The molecule has 24 heavy (non-hydrogen) atoms. The highest BCUT2D eigenvalue weighted by molar-refractivity contribution is 6.06. The Hall–Kier alpha value is -2.45. The van der Waals surface area contributed by atoms with Crippen LogP contribution in [0, 0.1) is 5.82 Å². The summed E-state index contributed by atoms with van der Waals surface area (Å²) in [7, 11) is 0. The van der Waals surface area contributed by atoms with Gasteiger partial charge >= 0.3 is 6.61 Å². The van der Waals surface area contributed by atoms with E-state index in [1.807, 2.05) is 0 Å². The number of hydrogen-bond donors (Lipinski definition) is 2. The van der Waals surface area contributed by atoms with Gasteiger partial charge in [0.15, 0.2) is 0 Å². The molecule has 1 saturated carbocycles. The van der Waals surface area contributed by atoms with E-state index in [2.05, 4.69) is 14.7 Å². The van der Waals surface area contributed by atoms with Gasteiger partial charge in [-0.2, -0.15) is 13.8 Å². The minimum atomic E-state index is -3.05. The fraction of sp³-hybridized carbons (Fsp3) is 0.467. The van der Waals surface area contributed by atoms with Crippen molar-refractivity contribution in [3.63, 3.8) is 0 Å². The molecule has 1 spiro atoms. The van der Waals surface area contributed by atoms with E-state index in [1.54, 1.807) is 0 Å². The Kier molecular flexibility index (Phi) is 4.25. The molecule has 9 heteroatoms. The second-order valence-corrected chi connectivity index (χ2v) is 5.81. The SMILES string of the molecule is NC1=NC2(CCCCC2)N(c2cc(F)ccc2OC(F)F)C(N)=N1. The standard InChI is InChI=1S/C15H18F3N5O/c16-9-4-5-11(24-12(17)18)10(8-9)23-14(20)21-13(19)22-15(23)6-2-1-3-7-15/h4-5,8,12H,1-3,6-7H2,(H4,19,20,21,22). The number of hydrogen-bond acceptors (Lipinski definition) is 6. The third-order valence-electron chi connectivity index (χ3n) is 4.23. The number of nitrogens with zero attached hydrogens (tertiary/aromatic N) is 3. The Morgan fingerprint density at radius 3 is 2.54 bits per heavy atom. The average Bonchev–Trinajstić information content (AvgIpc) is 2.49. The van der Waals surface area contributed by atoms with E-state index in [0.29, 0.717) is 12.8 Å². The third kappa shape index (κ3) is 2.98. The van der Waals surface area contributed by atoms with Gasteiger partial charge in [-0.25, -0.2) is 9.38 Å². The van der Waals surface area contributed by atoms with E-state index in [1.165, 1.54) is 4.90 Å². The molecule has 2 aliphatic rings. The maximum Gasteiger partial charge on any atom is 0.387 e. The normalized spacial score (nSPS) is 20.1. The van der Waals surface area contributed by atoms with Crippen molar-refractivity contribution in [2.45, 2.75) is 44.4 Å². The number of anilines is 1. The van der Waals surface area contributed by atoms with Gasteiger partial charge in [0, 0.05) is 6.07 Å². The first-order chi connectivity index (χ1) is 11.4. The maximum absolute atomic E-state index is 13.8. The molecule has 0 atom stereocenters. The highest BCUT2D eigenvalue weighted by Crippen LogP contribution is 2.43. The second-order valence-electron chi connectivity index (χ2n) is 5.81. The van der Waals surface area contributed by atoms with E-state index in [9.17, 15) is 13.2 Å². The lowest BCUT2D eigenvalue weighted by Gasteiger charge is -2.45. The second kappa shape index (κ2) is 6.21. The van der Waals surface area contributed by atoms with E-state index < -0.39 is 18.1 Å². The van der Waals surface area contributed by atoms with Crippen LogP contribution in [0.15, 0.2) is 28.2 Å². The van der Waals surface area contributed by atoms with Crippen molar-refractivity contribution in [3.8, 4) is 5.75 Å². The molecular weight excluding hydrogens is 323 g/mol. The van der Waals surface area contributed by atoms with Crippen LogP contribution in [0.2, 0.25) is 0 Å². The van der Waals surface area contributed by atoms with Gasteiger partial charge < -0.3 is 16.2 Å². The first-order valence-electron chi connectivity index (χ1n) is 7.65. The van der Waals surface area contributed by atoms with Crippen LogP contribution in [-0.2, 0) is 0 Å². The number of benzene rings is 1. The van der Waals surface area contributed by atoms with E-state index >= 15 is 0 Å². The molecule has 130 valence electrons. The molecule has 0 amide bonds. The Bertz CT molecular complexity index is 686. The number of aliphatic imine (C=N–C) groups is 2. The van der Waals surface area contributed by atoms with Gasteiger partial charge in [0.2, 0.25) is 11.9 Å². The van der Waals surface area contributed by atoms with Crippen molar-refractivity contribution in [2.75, 3.05) is 4.90 Å². The fourth-order valence-electron chi connectivity index (χ4n) is 3.33. The molecule has 0 radical (unpaired) electrons. The van der Waals surface area contributed by atoms with Gasteiger partial charge in [0.1, 0.15) is 17.2 Å².